The zero-order valence-corrected chi connectivity index (χ0v) is 71.7. The number of nitrogens with one attached hydrogen (secondary N) is 8. The zero-order valence-electron chi connectivity index (χ0n) is 66.5. The lowest BCUT2D eigenvalue weighted by Crippen LogP contribution is -2.65. The second kappa shape index (κ2) is 38.9. The Bertz CT molecular complexity index is 5180. The maximum Gasteiger partial charge on any atom is 0.249 e. The van der Waals surface area contributed by atoms with Crippen LogP contribution in [0, 0.1) is 5.92 Å². The summed E-state index contributed by atoms with van der Waals surface area (Å²) in [5.41, 5.74) is 4.03. The molecule has 9 unspecified atom stereocenters. The molecule has 0 aliphatic carbocycles. The van der Waals surface area contributed by atoms with Gasteiger partial charge in [0.05, 0.1) is 64.1 Å². The van der Waals surface area contributed by atoms with Crippen molar-refractivity contribution < 1.29 is 117 Å². The number of hydrogen-bond donors (Lipinski definition) is 17. The van der Waals surface area contributed by atoms with Gasteiger partial charge in [-0.2, -0.15) is 0 Å². The molecule has 18 N–H and O–H groups in total. The molecule has 15 rings (SSSR count). The molecule has 7 aromatic carbocycles. The number of phenols is 3. The molecular weight excluding hydrogens is 1800 g/mol. The van der Waals surface area contributed by atoms with Crippen molar-refractivity contribution in [2.24, 2.45) is 11.7 Å². The number of morpholine rings is 1. The summed E-state index contributed by atoms with van der Waals surface area (Å²) in [5.74, 6) is -13.5. The quantitative estimate of drug-likeness (QED) is 0.0324. The minimum absolute atomic E-state index is 0.0159. The number of likely N-dealkylation sites (N-methyl/N-ethyl adjacent to an activating group) is 1. The molecule has 7 aromatic rings. The number of nitrogens with zero attached hydrogens (tertiary/aromatic N) is 1. The molecular formula is C84H91Cl4IN10O24. The lowest BCUT2D eigenvalue weighted by Gasteiger charge is -2.48. The summed E-state index contributed by atoms with van der Waals surface area (Å²) in [6.07, 6.45) is -17.4. The number of hydrogen-bond acceptors (Lipinski definition) is 26. The highest BCUT2D eigenvalue weighted by Crippen LogP contribution is 2.50. The van der Waals surface area contributed by atoms with E-state index in [0.29, 0.717) is 15.8 Å². The van der Waals surface area contributed by atoms with Crippen LogP contribution in [0.5, 0.6) is 51.7 Å². The molecule has 0 saturated carbocycles. The highest BCUT2D eigenvalue weighted by atomic mass is 127. The van der Waals surface area contributed by atoms with Gasteiger partial charge in [-0.05, 0) is 151 Å². The maximum absolute atomic E-state index is 16.4. The molecule has 11 bridgehead atoms. The number of fused-ring (bicyclic) bond motifs is 15. The Labute approximate surface area is 738 Å². The fourth-order valence-electron chi connectivity index (χ4n) is 15.4. The van der Waals surface area contributed by atoms with Crippen LogP contribution in [0.2, 0.25) is 20.1 Å². The van der Waals surface area contributed by atoms with Crippen LogP contribution in [0.4, 0.5) is 0 Å². The second-order valence-corrected chi connectivity index (χ2v) is 33.7. The average Bonchev–Trinajstić information content (AvgIpc) is 0.737. The number of alkyl halides is 1. The van der Waals surface area contributed by atoms with Gasteiger partial charge >= 0.3 is 0 Å². The van der Waals surface area contributed by atoms with Crippen LogP contribution in [-0.4, -0.2) is 210 Å². The average molecular weight is 1890 g/mol. The van der Waals surface area contributed by atoms with Crippen molar-refractivity contribution in [3.63, 3.8) is 0 Å². The number of ether oxygens (including phenoxy) is 8. The van der Waals surface area contributed by atoms with E-state index in [1.807, 2.05) is 48.6 Å². The third-order valence-corrected chi connectivity index (χ3v) is 24.2. The van der Waals surface area contributed by atoms with Gasteiger partial charge in [-0.25, -0.2) is 0 Å². The van der Waals surface area contributed by atoms with Gasteiger partial charge in [0.25, 0.3) is 0 Å². The number of primary amides is 1. The van der Waals surface area contributed by atoms with Gasteiger partial charge in [0.1, 0.15) is 102 Å². The fourth-order valence-corrected chi connectivity index (χ4v) is 16.9. The van der Waals surface area contributed by atoms with E-state index in [2.05, 4.69) is 42.5 Å². The summed E-state index contributed by atoms with van der Waals surface area (Å²) in [6.45, 7) is 7.45. The van der Waals surface area contributed by atoms with E-state index in [4.69, 9.17) is 90.0 Å². The van der Waals surface area contributed by atoms with Gasteiger partial charge in [0, 0.05) is 53.2 Å². The molecule has 3 fully saturated rings. The topological polar surface area (TPSA) is 498 Å². The number of benzene rings is 7. The normalized spacial score (nSPS) is 27.0. The summed E-state index contributed by atoms with van der Waals surface area (Å²) in [5, 5.41) is 118. The van der Waals surface area contributed by atoms with Gasteiger partial charge < -0.3 is 132 Å². The van der Waals surface area contributed by atoms with Crippen molar-refractivity contribution in [2.45, 2.75) is 169 Å². The second-order valence-electron chi connectivity index (χ2n) is 31.2. The van der Waals surface area contributed by atoms with Gasteiger partial charge in [0.15, 0.2) is 23.9 Å². The van der Waals surface area contributed by atoms with Crippen LogP contribution in [0.25, 0.3) is 11.1 Å². The number of aliphatic hydroxyl groups excluding tert-OH is 5. The molecule has 123 heavy (non-hydrogen) atoms. The molecule has 0 aromatic heterocycles. The molecule has 8 amide bonds. The summed E-state index contributed by atoms with van der Waals surface area (Å²) in [6, 6.07) is 13.3. The van der Waals surface area contributed by atoms with E-state index >= 15 is 28.8 Å². The summed E-state index contributed by atoms with van der Waals surface area (Å²) < 4.78 is 51.8. The first-order chi connectivity index (χ1) is 58.6. The Morgan fingerprint density at radius 3 is 1.93 bits per heavy atom. The third-order valence-electron chi connectivity index (χ3n) is 22.0. The van der Waals surface area contributed by atoms with Crippen LogP contribution in [0.1, 0.15) is 116 Å². The lowest BCUT2D eigenvalue weighted by molar-refractivity contribution is -0.330. The van der Waals surface area contributed by atoms with Crippen LogP contribution in [0.15, 0.2) is 121 Å². The monoisotopic (exact) mass is 1890 g/mol. The number of nitrogens with two attached hydrogens (primary N) is 1. The van der Waals surface area contributed by atoms with E-state index < -0.39 is 203 Å². The fraction of sp³-hybridized carbons (Fsp3) is 0.405. The van der Waals surface area contributed by atoms with Crippen LogP contribution >= 0.6 is 69.0 Å². The van der Waals surface area contributed by atoms with E-state index in [9.17, 15) is 50.4 Å². The van der Waals surface area contributed by atoms with E-state index in [0.717, 1.165) is 59.7 Å². The predicted octanol–water partition coefficient (Wildman–Crippen LogP) is 6.04. The molecule has 0 spiro atoms. The third kappa shape index (κ3) is 20.5. The first-order valence-corrected chi connectivity index (χ1v) is 42.3. The van der Waals surface area contributed by atoms with Crippen molar-refractivity contribution in [3.05, 3.63) is 180 Å². The standard InChI is InChI=1S/C84H91Cl4IN10O24/c1-36(2)22-52(91-5)76(109)97-67-69(104)41-10-16-56(50(87)25-41)119-58-27-43-28-59(73(58)123-83-74(72(107)71(106)60(33-89)121-83)122-62-32-84(4,75(108)37(3)118-62)92-34-38-6-12-45(13-7-38)117-35-39-8-14-48(85)49(86)23-39)120-57-17-11-42(26-51(57)88)70(105)68-81(114)96-66(82(115)99-18-20-116-21-19-99)47-29-44(100)30-55(102)63(47)46-24-40(9-15-54(46)101)64(78(111)98-68)95-79(112)65(43)94-77(110)53(31-61(90)103)93-80(67)113/h6-17,23-30,36-37,52-53,60,62,64-72,74-75,83,91-92,100-102,104-108H,18-22,31-35H2,1-5H3,(H2,90,103)(H,93,113)(H,94,110)(H,95,112)(H,96,114)(H,97,109)(H,98,111)/t37?,52-,53+,60?,62?,64-,65-,66-,67-,68+,69-,70-,71?,72?,74?,75?,83?,84?/m1/s1. The van der Waals surface area contributed by atoms with Gasteiger partial charge in [-0.15, -0.1) is 0 Å². The molecule has 656 valence electrons. The molecule has 8 heterocycles. The van der Waals surface area contributed by atoms with Crippen molar-refractivity contribution in [1.29, 1.82) is 0 Å². The van der Waals surface area contributed by atoms with Crippen LogP contribution < -0.4 is 67.2 Å². The Morgan fingerprint density at radius 1 is 0.667 bits per heavy atom. The van der Waals surface area contributed by atoms with E-state index in [1.165, 1.54) is 42.3 Å². The lowest BCUT2D eigenvalue weighted by atomic mass is 9.84. The summed E-state index contributed by atoms with van der Waals surface area (Å²) in [4.78, 5) is 122. The zero-order chi connectivity index (χ0) is 88.3. The Morgan fingerprint density at radius 2 is 1.30 bits per heavy atom. The number of aromatic hydroxyl groups is 3. The molecule has 18 atom stereocenters. The molecule has 8 aliphatic heterocycles. The number of rotatable bonds is 19. The number of carbonyl (C=O) groups is 8. The highest BCUT2D eigenvalue weighted by Gasteiger charge is 2.52. The van der Waals surface area contributed by atoms with Gasteiger partial charge in [-0.3, -0.25) is 38.4 Å². The smallest absolute Gasteiger partial charge is 0.249 e. The van der Waals surface area contributed by atoms with Crippen molar-refractivity contribution in [1.82, 2.24) is 47.4 Å². The molecule has 0 radical (unpaired) electrons. The van der Waals surface area contributed by atoms with Crippen molar-refractivity contribution in [2.75, 3.05) is 37.8 Å². The SMILES string of the molecule is CN[C@H](CC(C)C)C(=O)N[C@H]1C(=O)N[C@@H](CC(N)=O)C(=O)N[C@H]2C(=O)N[C@H]3C(=O)N[C@H](C(=O)N[C@@H](C(=O)N4CCOCC4)c4cc(O)cc(O)c4-c4cc3ccc4O)[C@H](O)c3ccc(c(Cl)c3)Oc3cc2cc(c3OC2OC(CI)C(O)C(O)C2OC2CC(C)(NCc3ccc(OCc4ccc(Cl)c(Cl)c4)cc3)C(O)C(C)O2)Oc2ccc(cc2Cl)[C@H]1O. The van der Waals surface area contributed by atoms with E-state index in [-0.39, 0.29) is 118 Å². The molecule has 34 nitrogen and oxygen atoms in total. The van der Waals surface area contributed by atoms with E-state index in [1.54, 1.807) is 44.2 Å². The van der Waals surface area contributed by atoms with Gasteiger partial charge in [0.2, 0.25) is 59.3 Å². The summed E-state index contributed by atoms with van der Waals surface area (Å²) in [7, 11) is 1.49. The maximum atomic E-state index is 16.4. The Hall–Kier alpha value is -9.65. The number of amides is 8. The Kier molecular flexibility index (Phi) is 28.8. The minimum Gasteiger partial charge on any atom is -0.508 e. The predicted molar refractivity (Wildman–Crippen MR) is 451 cm³/mol. The first-order valence-electron chi connectivity index (χ1n) is 39.2. The summed E-state index contributed by atoms with van der Waals surface area (Å²) >= 11 is 28.8. The Balaban J connectivity index is 0.964. The van der Waals surface area contributed by atoms with Crippen LogP contribution in [0.3, 0.4) is 0 Å². The van der Waals surface area contributed by atoms with Gasteiger partial charge in [-0.1, -0.05) is 119 Å². The number of halogens is 5. The van der Waals surface area contributed by atoms with Crippen molar-refractivity contribution in [3.8, 4) is 62.9 Å². The number of phenolic OH excluding ortho intramolecular Hbond substituents is 3. The number of carbonyl (C=O) groups excluding carboxylic acids is 8. The van der Waals surface area contributed by atoms with Crippen LogP contribution in [-0.2, 0) is 70.5 Å². The highest BCUT2D eigenvalue weighted by molar-refractivity contribution is 14.1. The largest absolute Gasteiger partial charge is 0.508 e. The molecule has 3 saturated heterocycles. The molecule has 39 heteroatoms. The van der Waals surface area contributed by atoms with Crippen molar-refractivity contribution >= 4 is 116 Å². The number of aliphatic hydroxyl groups is 5. The first kappa shape index (κ1) is 91.1. The molecule has 8 aliphatic rings. The minimum atomic E-state index is -2.32.